The molecule has 0 saturated heterocycles. The van der Waals surface area contributed by atoms with E-state index in [4.69, 9.17) is 5.11 Å². The Morgan fingerprint density at radius 1 is 1.40 bits per heavy atom. The Hall–Kier alpha value is -2.64. The molecule has 0 aliphatic rings. The summed E-state index contributed by atoms with van der Waals surface area (Å²) in [5.74, 6) is -1.28. The number of aromatic nitrogens is 4. The van der Waals surface area contributed by atoms with E-state index < -0.39 is 5.97 Å². The van der Waals surface area contributed by atoms with Gasteiger partial charge in [-0.3, -0.25) is 14.2 Å². The summed E-state index contributed by atoms with van der Waals surface area (Å²) >= 11 is 0. The van der Waals surface area contributed by atoms with E-state index in [9.17, 15) is 9.59 Å². The summed E-state index contributed by atoms with van der Waals surface area (Å²) in [5, 5.41) is 19.6. The SMILES string of the molecule is Cc1c(NC(=O)CCn2nccc2C(=O)O)cnn1C. The van der Waals surface area contributed by atoms with Crippen LogP contribution in [-0.4, -0.2) is 36.5 Å². The van der Waals surface area contributed by atoms with Gasteiger partial charge in [-0.15, -0.1) is 0 Å². The quantitative estimate of drug-likeness (QED) is 0.835. The van der Waals surface area contributed by atoms with E-state index in [0.29, 0.717) is 5.69 Å². The van der Waals surface area contributed by atoms with E-state index in [-0.39, 0.29) is 24.6 Å². The summed E-state index contributed by atoms with van der Waals surface area (Å²) in [6.45, 7) is 2.05. The highest BCUT2D eigenvalue weighted by molar-refractivity contribution is 5.91. The van der Waals surface area contributed by atoms with Gasteiger partial charge in [0.1, 0.15) is 5.69 Å². The lowest BCUT2D eigenvalue weighted by molar-refractivity contribution is -0.116. The maximum absolute atomic E-state index is 11.8. The normalized spacial score (nSPS) is 10.5. The van der Waals surface area contributed by atoms with Crippen LogP contribution < -0.4 is 5.32 Å². The summed E-state index contributed by atoms with van der Waals surface area (Å²) in [6.07, 6.45) is 3.10. The first kappa shape index (κ1) is 13.8. The van der Waals surface area contributed by atoms with Crippen LogP contribution in [0.15, 0.2) is 18.5 Å². The van der Waals surface area contributed by atoms with Crippen LogP contribution in [0.4, 0.5) is 5.69 Å². The Morgan fingerprint density at radius 2 is 2.15 bits per heavy atom. The van der Waals surface area contributed by atoms with Crippen molar-refractivity contribution in [2.45, 2.75) is 19.9 Å². The molecule has 2 heterocycles. The third-order valence-corrected chi connectivity index (χ3v) is 3.00. The van der Waals surface area contributed by atoms with Gasteiger partial charge in [-0.25, -0.2) is 4.79 Å². The van der Waals surface area contributed by atoms with Crippen molar-refractivity contribution in [3.63, 3.8) is 0 Å². The number of nitrogens with zero attached hydrogens (tertiary/aromatic N) is 4. The van der Waals surface area contributed by atoms with Crippen molar-refractivity contribution in [1.29, 1.82) is 0 Å². The third kappa shape index (κ3) is 2.85. The van der Waals surface area contributed by atoms with Crippen LogP contribution in [0.2, 0.25) is 0 Å². The number of rotatable bonds is 5. The first-order valence-corrected chi connectivity index (χ1v) is 6.02. The van der Waals surface area contributed by atoms with Gasteiger partial charge in [0, 0.05) is 19.7 Å². The molecule has 2 rings (SSSR count). The number of hydrogen-bond donors (Lipinski definition) is 2. The van der Waals surface area contributed by atoms with Crippen molar-refractivity contribution in [3.05, 3.63) is 29.8 Å². The second-order valence-corrected chi connectivity index (χ2v) is 4.31. The minimum atomic E-state index is -1.06. The molecule has 0 atom stereocenters. The summed E-state index contributed by atoms with van der Waals surface area (Å²) in [4.78, 5) is 22.7. The molecule has 0 spiro atoms. The molecule has 20 heavy (non-hydrogen) atoms. The first-order valence-electron chi connectivity index (χ1n) is 6.02. The van der Waals surface area contributed by atoms with Crippen molar-refractivity contribution >= 4 is 17.6 Å². The van der Waals surface area contributed by atoms with Crippen molar-refractivity contribution in [2.24, 2.45) is 7.05 Å². The molecular weight excluding hydrogens is 262 g/mol. The molecule has 0 radical (unpaired) electrons. The number of aryl methyl sites for hydroxylation is 2. The van der Waals surface area contributed by atoms with Crippen LogP contribution in [0.3, 0.4) is 0 Å². The zero-order chi connectivity index (χ0) is 14.7. The smallest absolute Gasteiger partial charge is 0.354 e. The Bertz CT molecular complexity index is 643. The van der Waals surface area contributed by atoms with E-state index >= 15 is 0 Å². The summed E-state index contributed by atoms with van der Waals surface area (Å²) in [7, 11) is 1.79. The van der Waals surface area contributed by atoms with Gasteiger partial charge in [-0.05, 0) is 13.0 Å². The molecule has 1 amide bonds. The molecule has 106 valence electrons. The number of carboxylic acid groups (broad SMARTS) is 1. The molecule has 0 unspecified atom stereocenters. The van der Waals surface area contributed by atoms with E-state index in [1.807, 2.05) is 6.92 Å². The number of carbonyl (C=O) groups excluding carboxylic acids is 1. The number of carbonyl (C=O) groups is 2. The number of aromatic carboxylic acids is 1. The number of nitrogens with one attached hydrogen (secondary N) is 1. The molecule has 0 aliphatic heterocycles. The fraction of sp³-hybridized carbons (Fsp3) is 0.333. The Balaban J connectivity index is 1.94. The fourth-order valence-electron chi connectivity index (χ4n) is 1.73. The number of carboxylic acids is 1. The van der Waals surface area contributed by atoms with Crippen molar-refractivity contribution in [2.75, 3.05) is 5.32 Å². The Morgan fingerprint density at radius 3 is 2.75 bits per heavy atom. The maximum atomic E-state index is 11.8. The van der Waals surface area contributed by atoms with Gasteiger partial charge in [0.25, 0.3) is 0 Å². The highest BCUT2D eigenvalue weighted by atomic mass is 16.4. The molecule has 0 aliphatic carbocycles. The van der Waals surface area contributed by atoms with Crippen molar-refractivity contribution in [3.8, 4) is 0 Å². The monoisotopic (exact) mass is 277 g/mol. The summed E-state index contributed by atoms with van der Waals surface area (Å²) in [6, 6.07) is 1.39. The number of anilines is 1. The predicted molar refractivity (Wildman–Crippen MR) is 70.4 cm³/mol. The molecule has 2 aromatic heterocycles. The predicted octanol–water partition coefficient (Wildman–Crippen LogP) is 0.652. The molecule has 8 nitrogen and oxygen atoms in total. The van der Waals surface area contributed by atoms with Crippen LogP contribution in [0.25, 0.3) is 0 Å². The van der Waals surface area contributed by atoms with Crippen molar-refractivity contribution in [1.82, 2.24) is 19.6 Å². The largest absolute Gasteiger partial charge is 0.477 e. The second kappa shape index (κ2) is 5.55. The molecule has 2 N–H and O–H groups in total. The van der Waals surface area contributed by atoms with Crippen LogP contribution in [-0.2, 0) is 18.4 Å². The van der Waals surface area contributed by atoms with E-state index in [2.05, 4.69) is 15.5 Å². The second-order valence-electron chi connectivity index (χ2n) is 4.31. The molecule has 2 aromatic rings. The van der Waals surface area contributed by atoms with Gasteiger partial charge in [-0.1, -0.05) is 0 Å². The van der Waals surface area contributed by atoms with Crippen LogP contribution in [0.1, 0.15) is 22.6 Å². The topological polar surface area (TPSA) is 102 Å². The minimum absolute atomic E-state index is 0.0651. The summed E-state index contributed by atoms with van der Waals surface area (Å²) < 4.78 is 2.95. The molecular formula is C12H15N5O3. The highest BCUT2D eigenvalue weighted by Gasteiger charge is 2.12. The Labute approximate surface area is 115 Å². The summed E-state index contributed by atoms with van der Waals surface area (Å²) in [5.41, 5.74) is 1.57. The van der Waals surface area contributed by atoms with Gasteiger partial charge >= 0.3 is 5.97 Å². The fourth-order valence-corrected chi connectivity index (χ4v) is 1.73. The van der Waals surface area contributed by atoms with E-state index in [1.54, 1.807) is 17.9 Å². The lowest BCUT2D eigenvalue weighted by Gasteiger charge is -2.06. The molecule has 0 saturated carbocycles. The third-order valence-electron chi connectivity index (χ3n) is 3.00. The van der Waals surface area contributed by atoms with Crippen LogP contribution >= 0.6 is 0 Å². The standard InChI is InChI=1S/C12H15N5O3/c1-8-9(7-14-16(8)2)15-11(18)4-6-17-10(12(19)20)3-5-13-17/h3,5,7H,4,6H2,1-2H3,(H,15,18)(H,19,20). The van der Waals surface area contributed by atoms with Gasteiger partial charge in [0.15, 0.2) is 0 Å². The minimum Gasteiger partial charge on any atom is -0.477 e. The maximum Gasteiger partial charge on any atom is 0.354 e. The lowest BCUT2D eigenvalue weighted by atomic mass is 10.3. The Kier molecular flexibility index (Phi) is 3.83. The van der Waals surface area contributed by atoms with Gasteiger partial charge < -0.3 is 10.4 Å². The van der Waals surface area contributed by atoms with Gasteiger partial charge in [-0.2, -0.15) is 10.2 Å². The van der Waals surface area contributed by atoms with Gasteiger partial charge in [0.2, 0.25) is 5.91 Å². The molecule has 0 fully saturated rings. The zero-order valence-electron chi connectivity index (χ0n) is 11.2. The van der Waals surface area contributed by atoms with E-state index in [1.165, 1.54) is 16.9 Å². The average Bonchev–Trinajstić information content (AvgIpc) is 2.98. The molecule has 0 aromatic carbocycles. The average molecular weight is 277 g/mol. The molecule has 0 bridgehead atoms. The van der Waals surface area contributed by atoms with Crippen LogP contribution in [0.5, 0.6) is 0 Å². The highest BCUT2D eigenvalue weighted by Crippen LogP contribution is 2.12. The first-order chi connectivity index (χ1) is 9.49. The van der Waals surface area contributed by atoms with E-state index in [0.717, 1.165) is 5.69 Å². The number of amides is 1. The number of hydrogen-bond acceptors (Lipinski definition) is 4. The zero-order valence-corrected chi connectivity index (χ0v) is 11.2. The molecule has 8 heteroatoms. The van der Waals surface area contributed by atoms with Crippen molar-refractivity contribution < 1.29 is 14.7 Å². The van der Waals surface area contributed by atoms with Gasteiger partial charge in [0.05, 0.1) is 24.1 Å². The lowest BCUT2D eigenvalue weighted by Crippen LogP contribution is -2.17. The van der Waals surface area contributed by atoms with Crippen LogP contribution in [0, 0.1) is 6.92 Å².